The van der Waals surface area contributed by atoms with E-state index in [0.29, 0.717) is 6.54 Å². The molecule has 1 rings (SSSR count). The third-order valence-electron chi connectivity index (χ3n) is 2.55. The Hall–Kier alpha value is -1.50. The molecule has 0 aromatic heterocycles. The predicted octanol–water partition coefficient (Wildman–Crippen LogP) is 1.70. The smallest absolute Gasteiger partial charge is 0.119 e. The number of nitrogens with one attached hydrogen (secondary N) is 1. The van der Waals surface area contributed by atoms with Crippen molar-refractivity contribution in [3.63, 3.8) is 0 Å². The summed E-state index contributed by atoms with van der Waals surface area (Å²) in [4.78, 5) is 0. The summed E-state index contributed by atoms with van der Waals surface area (Å²) in [6, 6.07) is 8.13. The van der Waals surface area contributed by atoms with E-state index in [9.17, 15) is 0 Å². The van der Waals surface area contributed by atoms with E-state index in [0.717, 1.165) is 24.3 Å². The Morgan fingerprint density at radius 2 is 2.29 bits per heavy atom. The van der Waals surface area contributed by atoms with Gasteiger partial charge in [0.1, 0.15) is 5.75 Å². The summed E-state index contributed by atoms with van der Waals surface area (Å²) in [6.07, 6.45) is 0.844. The molecule has 3 nitrogen and oxygen atoms in total. The van der Waals surface area contributed by atoms with E-state index in [4.69, 9.17) is 10.5 Å². The monoisotopic (exact) mass is 232 g/mol. The van der Waals surface area contributed by atoms with Crippen molar-refractivity contribution < 1.29 is 4.74 Å². The van der Waals surface area contributed by atoms with Crippen molar-refractivity contribution in [3.05, 3.63) is 29.8 Å². The quantitative estimate of drug-likeness (QED) is 0.579. The van der Waals surface area contributed by atoms with Crippen molar-refractivity contribution in [2.75, 3.05) is 20.2 Å². The van der Waals surface area contributed by atoms with Crippen molar-refractivity contribution in [3.8, 4) is 17.6 Å². The van der Waals surface area contributed by atoms with Crippen LogP contribution in [-0.2, 0) is 0 Å². The molecule has 0 aliphatic carbocycles. The summed E-state index contributed by atoms with van der Waals surface area (Å²) in [5.74, 6) is 6.76. The van der Waals surface area contributed by atoms with Crippen LogP contribution in [0.5, 0.6) is 5.75 Å². The average Bonchev–Trinajstić information content (AvgIpc) is 2.39. The molecule has 0 aliphatic rings. The topological polar surface area (TPSA) is 47.3 Å². The molecule has 0 bridgehead atoms. The standard InChI is InChI=1S/C14H20N2O/c1-3-4-5-9-16-14(11-15)12-7-6-8-13(10-12)17-2/h6-8,10,14,16H,5,9,11,15H2,1-2H3. The molecule has 92 valence electrons. The predicted molar refractivity (Wildman–Crippen MR) is 70.9 cm³/mol. The van der Waals surface area contributed by atoms with E-state index >= 15 is 0 Å². The van der Waals surface area contributed by atoms with Gasteiger partial charge in [0.05, 0.1) is 7.11 Å². The maximum atomic E-state index is 5.77. The van der Waals surface area contributed by atoms with Gasteiger partial charge in [-0.2, -0.15) is 0 Å². The number of ether oxygens (including phenoxy) is 1. The maximum Gasteiger partial charge on any atom is 0.119 e. The van der Waals surface area contributed by atoms with Crippen LogP contribution in [0.2, 0.25) is 0 Å². The average molecular weight is 232 g/mol. The molecule has 0 aliphatic heterocycles. The summed E-state index contributed by atoms with van der Waals surface area (Å²) < 4.78 is 5.20. The van der Waals surface area contributed by atoms with Gasteiger partial charge in [-0.05, 0) is 24.6 Å². The highest BCUT2D eigenvalue weighted by atomic mass is 16.5. The van der Waals surface area contributed by atoms with Crippen molar-refractivity contribution in [2.24, 2.45) is 5.73 Å². The first-order chi connectivity index (χ1) is 8.31. The fourth-order valence-electron chi connectivity index (χ4n) is 1.63. The minimum absolute atomic E-state index is 0.156. The van der Waals surface area contributed by atoms with Crippen molar-refractivity contribution >= 4 is 0 Å². The van der Waals surface area contributed by atoms with Gasteiger partial charge < -0.3 is 15.8 Å². The lowest BCUT2D eigenvalue weighted by Gasteiger charge is -2.17. The molecular weight excluding hydrogens is 212 g/mol. The zero-order chi connectivity index (χ0) is 12.5. The SMILES string of the molecule is CC#CCCNC(CN)c1cccc(OC)c1. The molecule has 1 unspecified atom stereocenters. The van der Waals surface area contributed by atoms with E-state index in [-0.39, 0.29) is 6.04 Å². The maximum absolute atomic E-state index is 5.77. The molecule has 1 aromatic rings. The summed E-state index contributed by atoms with van der Waals surface area (Å²) >= 11 is 0. The number of hydrogen-bond acceptors (Lipinski definition) is 3. The molecule has 0 saturated carbocycles. The van der Waals surface area contributed by atoms with Crippen LogP contribution in [-0.4, -0.2) is 20.2 Å². The van der Waals surface area contributed by atoms with E-state index < -0.39 is 0 Å². The lowest BCUT2D eigenvalue weighted by molar-refractivity contribution is 0.413. The Morgan fingerprint density at radius 3 is 2.94 bits per heavy atom. The van der Waals surface area contributed by atoms with Gasteiger partial charge in [-0.1, -0.05) is 12.1 Å². The first-order valence-electron chi connectivity index (χ1n) is 5.78. The molecule has 1 atom stereocenters. The molecule has 0 saturated heterocycles. The fourth-order valence-corrected chi connectivity index (χ4v) is 1.63. The Morgan fingerprint density at radius 1 is 1.47 bits per heavy atom. The minimum atomic E-state index is 0.156. The molecule has 3 heteroatoms. The highest BCUT2D eigenvalue weighted by molar-refractivity contribution is 5.30. The molecule has 0 spiro atoms. The second kappa shape index (κ2) is 7.72. The Balaban J connectivity index is 2.60. The normalized spacial score (nSPS) is 11.5. The van der Waals surface area contributed by atoms with E-state index in [2.05, 4.69) is 23.2 Å². The third kappa shape index (κ3) is 4.48. The van der Waals surface area contributed by atoms with Crippen LogP contribution >= 0.6 is 0 Å². The molecule has 1 aromatic carbocycles. The minimum Gasteiger partial charge on any atom is -0.497 e. The first-order valence-corrected chi connectivity index (χ1v) is 5.78. The van der Waals surface area contributed by atoms with Crippen molar-refractivity contribution in [2.45, 2.75) is 19.4 Å². The third-order valence-corrected chi connectivity index (χ3v) is 2.55. The van der Waals surface area contributed by atoms with Crippen LogP contribution in [0.1, 0.15) is 24.9 Å². The molecule has 0 fully saturated rings. The van der Waals surface area contributed by atoms with E-state index in [1.807, 2.05) is 25.1 Å². The largest absolute Gasteiger partial charge is 0.497 e. The van der Waals surface area contributed by atoms with Gasteiger partial charge in [-0.25, -0.2) is 0 Å². The van der Waals surface area contributed by atoms with E-state index in [1.165, 1.54) is 0 Å². The second-order valence-corrected chi connectivity index (χ2v) is 3.70. The van der Waals surface area contributed by atoms with Crippen LogP contribution < -0.4 is 15.8 Å². The van der Waals surface area contributed by atoms with Gasteiger partial charge in [-0.3, -0.25) is 0 Å². The van der Waals surface area contributed by atoms with Gasteiger partial charge in [0.2, 0.25) is 0 Å². The van der Waals surface area contributed by atoms with Gasteiger partial charge in [0.25, 0.3) is 0 Å². The van der Waals surface area contributed by atoms with Gasteiger partial charge in [0.15, 0.2) is 0 Å². The number of hydrogen-bond donors (Lipinski definition) is 2. The lowest BCUT2D eigenvalue weighted by Crippen LogP contribution is -2.28. The Bertz CT molecular complexity index is 393. The summed E-state index contributed by atoms with van der Waals surface area (Å²) in [6.45, 7) is 3.26. The zero-order valence-electron chi connectivity index (χ0n) is 10.5. The summed E-state index contributed by atoms with van der Waals surface area (Å²) in [7, 11) is 1.67. The van der Waals surface area contributed by atoms with Crippen LogP contribution in [0.3, 0.4) is 0 Å². The number of rotatable bonds is 6. The molecule has 0 heterocycles. The molecule has 3 N–H and O–H groups in total. The van der Waals surface area contributed by atoms with Gasteiger partial charge in [0, 0.05) is 25.6 Å². The highest BCUT2D eigenvalue weighted by Gasteiger charge is 2.08. The number of benzene rings is 1. The molecule has 17 heavy (non-hydrogen) atoms. The lowest BCUT2D eigenvalue weighted by atomic mass is 10.1. The Labute approximate surface area is 103 Å². The van der Waals surface area contributed by atoms with Crippen molar-refractivity contribution in [1.29, 1.82) is 0 Å². The van der Waals surface area contributed by atoms with Crippen molar-refractivity contribution in [1.82, 2.24) is 5.32 Å². The van der Waals surface area contributed by atoms with Gasteiger partial charge in [-0.15, -0.1) is 11.8 Å². The second-order valence-electron chi connectivity index (χ2n) is 3.70. The van der Waals surface area contributed by atoms with E-state index in [1.54, 1.807) is 7.11 Å². The van der Waals surface area contributed by atoms with Crippen LogP contribution in [0.25, 0.3) is 0 Å². The van der Waals surface area contributed by atoms with Crippen LogP contribution in [0.15, 0.2) is 24.3 Å². The summed E-state index contributed by atoms with van der Waals surface area (Å²) in [5.41, 5.74) is 6.92. The fraction of sp³-hybridized carbons (Fsp3) is 0.429. The number of nitrogens with two attached hydrogens (primary N) is 1. The summed E-state index contributed by atoms with van der Waals surface area (Å²) in [5, 5.41) is 3.39. The molecular formula is C14H20N2O. The number of methoxy groups -OCH3 is 1. The van der Waals surface area contributed by atoms with Crippen LogP contribution in [0, 0.1) is 11.8 Å². The molecule has 0 amide bonds. The van der Waals surface area contributed by atoms with Gasteiger partial charge >= 0.3 is 0 Å². The first kappa shape index (κ1) is 13.6. The molecule has 0 radical (unpaired) electrons. The highest BCUT2D eigenvalue weighted by Crippen LogP contribution is 2.18. The van der Waals surface area contributed by atoms with Crippen LogP contribution in [0.4, 0.5) is 0 Å². The Kier molecular flexibility index (Phi) is 6.16. The zero-order valence-corrected chi connectivity index (χ0v) is 10.5.